The van der Waals surface area contributed by atoms with E-state index in [1.807, 2.05) is 18.2 Å². The number of hydrogen-bond donors (Lipinski definition) is 1. The zero-order valence-electron chi connectivity index (χ0n) is 21.8. The van der Waals surface area contributed by atoms with Gasteiger partial charge >= 0.3 is 5.97 Å². The van der Waals surface area contributed by atoms with Gasteiger partial charge in [-0.25, -0.2) is 18.7 Å². The molecule has 1 atom stereocenters. The van der Waals surface area contributed by atoms with Crippen molar-refractivity contribution >= 4 is 11.7 Å². The van der Waals surface area contributed by atoms with Gasteiger partial charge in [0, 0.05) is 48.4 Å². The number of fused-ring (bicyclic) bond motifs is 1. The molecule has 0 spiro atoms. The fourth-order valence-corrected chi connectivity index (χ4v) is 5.26. The second-order valence-electron chi connectivity index (χ2n) is 10.2. The standard InChI is InChI=1S/C29H28FN5O5/c30-23-12-18(14-31)4-5-20(23)17-39-27-3-1-2-24(32-27)19-6-9-34(10-7-19)15-25-22(13-21-8-11-38-21)28-35(33-25)16-26(40-28)29(36)37/h1-5,12,16,19,21H,6-11,13,15,17H2,(H,36,37). The lowest BCUT2D eigenvalue weighted by molar-refractivity contribution is -0.0492. The third-order valence-corrected chi connectivity index (χ3v) is 7.61. The minimum atomic E-state index is -1.12. The second kappa shape index (κ2) is 11.1. The maximum absolute atomic E-state index is 14.2. The second-order valence-corrected chi connectivity index (χ2v) is 10.2. The van der Waals surface area contributed by atoms with E-state index in [-0.39, 0.29) is 30.0 Å². The van der Waals surface area contributed by atoms with Crippen molar-refractivity contribution in [3.05, 3.63) is 82.3 Å². The van der Waals surface area contributed by atoms with Gasteiger partial charge in [-0.2, -0.15) is 10.4 Å². The van der Waals surface area contributed by atoms with Gasteiger partial charge in [0.1, 0.15) is 12.4 Å². The number of oxazole rings is 1. The summed E-state index contributed by atoms with van der Waals surface area (Å²) in [6, 6.07) is 11.9. The summed E-state index contributed by atoms with van der Waals surface area (Å²) in [6.07, 6.45) is 4.95. The summed E-state index contributed by atoms with van der Waals surface area (Å²) in [4.78, 5) is 18.4. The SMILES string of the molecule is N#Cc1ccc(COc2cccc(C3CCN(Cc4nn5cc(C(=O)O)oc5c4CC4CCO4)CC3)n2)c(F)c1. The molecule has 2 saturated heterocycles. The largest absolute Gasteiger partial charge is 0.475 e. The van der Waals surface area contributed by atoms with Gasteiger partial charge in [0.2, 0.25) is 17.4 Å². The molecule has 0 amide bonds. The Kier molecular flexibility index (Phi) is 7.19. The van der Waals surface area contributed by atoms with Crippen LogP contribution in [0.15, 0.2) is 47.0 Å². The molecule has 1 N–H and O–H groups in total. The lowest BCUT2D eigenvalue weighted by Crippen LogP contribution is -2.33. The molecule has 0 radical (unpaired) electrons. The lowest BCUT2D eigenvalue weighted by atomic mass is 9.93. The number of pyridine rings is 1. The van der Waals surface area contributed by atoms with Crippen molar-refractivity contribution in [1.82, 2.24) is 19.5 Å². The van der Waals surface area contributed by atoms with Crippen molar-refractivity contribution in [2.45, 2.75) is 50.9 Å². The highest BCUT2D eigenvalue weighted by Gasteiger charge is 2.28. The number of benzene rings is 1. The Bertz CT molecular complexity index is 1580. The molecule has 2 aliphatic rings. The maximum atomic E-state index is 14.2. The number of piperidine rings is 1. The molecule has 2 aliphatic heterocycles. The number of rotatable bonds is 9. The van der Waals surface area contributed by atoms with Crippen LogP contribution in [0.1, 0.15) is 63.8 Å². The molecule has 2 fully saturated rings. The average molecular weight is 546 g/mol. The van der Waals surface area contributed by atoms with Crippen molar-refractivity contribution in [2.24, 2.45) is 0 Å². The monoisotopic (exact) mass is 545 g/mol. The molecule has 206 valence electrons. The highest BCUT2D eigenvalue weighted by Crippen LogP contribution is 2.31. The first-order chi connectivity index (χ1) is 19.5. The van der Waals surface area contributed by atoms with Crippen molar-refractivity contribution < 1.29 is 28.2 Å². The van der Waals surface area contributed by atoms with Crippen LogP contribution in [0.2, 0.25) is 0 Å². The van der Waals surface area contributed by atoms with Crippen LogP contribution >= 0.6 is 0 Å². The van der Waals surface area contributed by atoms with Gasteiger partial charge in [-0.1, -0.05) is 12.1 Å². The normalized spacial score (nSPS) is 17.9. The zero-order chi connectivity index (χ0) is 27.6. The third-order valence-electron chi connectivity index (χ3n) is 7.61. The summed E-state index contributed by atoms with van der Waals surface area (Å²) in [6.45, 7) is 3.12. The predicted molar refractivity (Wildman–Crippen MR) is 139 cm³/mol. The Morgan fingerprint density at radius 3 is 2.75 bits per heavy atom. The molecule has 3 aromatic heterocycles. The van der Waals surface area contributed by atoms with Crippen LogP contribution in [0.5, 0.6) is 5.88 Å². The van der Waals surface area contributed by atoms with E-state index in [4.69, 9.17) is 19.2 Å². The molecule has 40 heavy (non-hydrogen) atoms. The number of aromatic carboxylic acids is 1. The number of likely N-dealkylation sites (tertiary alicyclic amines) is 1. The molecular weight excluding hydrogens is 517 g/mol. The van der Waals surface area contributed by atoms with Gasteiger partial charge in [-0.3, -0.25) is 4.90 Å². The summed E-state index contributed by atoms with van der Waals surface area (Å²) in [7, 11) is 0. The molecule has 6 rings (SSSR count). The van der Waals surface area contributed by atoms with Gasteiger partial charge in [0.25, 0.3) is 0 Å². The Balaban J connectivity index is 1.08. The summed E-state index contributed by atoms with van der Waals surface area (Å²) in [5.41, 5.74) is 3.84. The quantitative estimate of drug-likeness (QED) is 0.327. The van der Waals surface area contributed by atoms with Crippen molar-refractivity contribution in [1.29, 1.82) is 5.26 Å². The van der Waals surface area contributed by atoms with Crippen LogP contribution < -0.4 is 4.74 Å². The molecule has 0 bridgehead atoms. The van der Waals surface area contributed by atoms with E-state index in [9.17, 15) is 14.3 Å². The third kappa shape index (κ3) is 5.41. The molecule has 0 saturated carbocycles. The predicted octanol–water partition coefficient (Wildman–Crippen LogP) is 4.32. The van der Waals surface area contributed by atoms with Crippen LogP contribution in [0.3, 0.4) is 0 Å². The number of carbonyl (C=O) groups is 1. The van der Waals surface area contributed by atoms with Gasteiger partial charge in [0.15, 0.2) is 0 Å². The molecule has 0 aliphatic carbocycles. The number of hydrogen-bond acceptors (Lipinski definition) is 8. The Labute approximate surface area is 229 Å². The van der Waals surface area contributed by atoms with Crippen molar-refractivity contribution in [3.8, 4) is 11.9 Å². The van der Waals surface area contributed by atoms with Crippen LogP contribution in [0.25, 0.3) is 5.71 Å². The molecule has 1 aromatic carbocycles. The number of carboxylic acids is 1. The van der Waals surface area contributed by atoms with Crippen LogP contribution in [0, 0.1) is 17.1 Å². The number of carboxylic acid groups (broad SMARTS) is 1. The van der Waals surface area contributed by atoms with Gasteiger partial charge in [-0.15, -0.1) is 0 Å². The average Bonchev–Trinajstić information content (AvgIpc) is 3.49. The zero-order valence-corrected chi connectivity index (χ0v) is 21.8. The van der Waals surface area contributed by atoms with Crippen LogP contribution in [-0.4, -0.2) is 56.4 Å². The fourth-order valence-electron chi connectivity index (χ4n) is 5.26. The minimum Gasteiger partial charge on any atom is -0.475 e. The van der Waals surface area contributed by atoms with E-state index in [0.29, 0.717) is 30.1 Å². The van der Waals surface area contributed by atoms with E-state index >= 15 is 0 Å². The van der Waals surface area contributed by atoms with E-state index in [2.05, 4.69) is 15.0 Å². The molecule has 11 heteroatoms. The first-order valence-corrected chi connectivity index (χ1v) is 13.3. The van der Waals surface area contributed by atoms with Crippen LogP contribution in [0.4, 0.5) is 4.39 Å². The van der Waals surface area contributed by atoms with E-state index < -0.39 is 11.8 Å². The Morgan fingerprint density at radius 2 is 2.05 bits per heavy atom. The van der Waals surface area contributed by atoms with E-state index in [0.717, 1.165) is 55.9 Å². The van der Waals surface area contributed by atoms with Crippen LogP contribution in [-0.2, 0) is 24.3 Å². The Hall–Kier alpha value is -4.27. The van der Waals surface area contributed by atoms with Gasteiger partial charge in [-0.05, 0) is 50.6 Å². The molecule has 4 aromatic rings. The summed E-state index contributed by atoms with van der Waals surface area (Å²) in [5, 5.41) is 22.9. The van der Waals surface area contributed by atoms with E-state index in [1.54, 1.807) is 18.2 Å². The van der Waals surface area contributed by atoms with Crippen molar-refractivity contribution in [2.75, 3.05) is 19.7 Å². The fraction of sp³-hybridized carbons (Fsp3) is 0.379. The summed E-state index contributed by atoms with van der Waals surface area (Å²) >= 11 is 0. The molecule has 1 unspecified atom stereocenters. The Morgan fingerprint density at radius 1 is 1.23 bits per heavy atom. The highest BCUT2D eigenvalue weighted by atomic mass is 19.1. The summed E-state index contributed by atoms with van der Waals surface area (Å²) in [5.74, 6) is -1.02. The smallest absolute Gasteiger partial charge is 0.373 e. The minimum absolute atomic E-state index is 0.0299. The first kappa shape index (κ1) is 26.0. The lowest BCUT2D eigenvalue weighted by Gasteiger charge is -2.31. The van der Waals surface area contributed by atoms with Gasteiger partial charge < -0.3 is 19.0 Å². The van der Waals surface area contributed by atoms with Gasteiger partial charge in [0.05, 0.1) is 29.6 Å². The molecule has 10 nitrogen and oxygen atoms in total. The number of nitrogens with zero attached hydrogens (tertiary/aromatic N) is 5. The summed E-state index contributed by atoms with van der Waals surface area (Å²) < 4.78 is 32.8. The first-order valence-electron chi connectivity index (χ1n) is 13.3. The number of aromatic nitrogens is 3. The number of halogens is 1. The molecular formula is C29H28FN5O5. The van der Waals surface area contributed by atoms with Crippen molar-refractivity contribution in [3.63, 3.8) is 0 Å². The highest BCUT2D eigenvalue weighted by molar-refractivity contribution is 5.84. The number of nitriles is 1. The number of ether oxygens (including phenoxy) is 2. The maximum Gasteiger partial charge on any atom is 0.373 e. The topological polar surface area (TPSA) is 126 Å². The molecule has 5 heterocycles. The van der Waals surface area contributed by atoms with E-state index in [1.165, 1.54) is 16.8 Å².